The number of thiophene rings is 1. The molecule has 0 amide bonds. The van der Waals surface area contributed by atoms with Crippen LogP contribution in [0.15, 0.2) is 56.8 Å². The Hall–Kier alpha value is -2.31. The van der Waals surface area contributed by atoms with Crippen LogP contribution >= 0.6 is 11.3 Å². The van der Waals surface area contributed by atoms with Gasteiger partial charge >= 0.3 is 0 Å². The van der Waals surface area contributed by atoms with E-state index in [0.29, 0.717) is 24.0 Å². The van der Waals surface area contributed by atoms with Gasteiger partial charge in [0, 0.05) is 6.20 Å². The molecule has 29 heavy (non-hydrogen) atoms. The van der Waals surface area contributed by atoms with Gasteiger partial charge in [0.05, 0.1) is 31.6 Å². The maximum atomic E-state index is 12.5. The van der Waals surface area contributed by atoms with Gasteiger partial charge in [-0.2, -0.15) is 0 Å². The van der Waals surface area contributed by atoms with E-state index in [4.69, 9.17) is 13.9 Å². The summed E-state index contributed by atoms with van der Waals surface area (Å²) in [5.41, 5.74) is 0.664. The van der Waals surface area contributed by atoms with Crippen LogP contribution in [0.3, 0.4) is 0 Å². The summed E-state index contributed by atoms with van der Waals surface area (Å²) in [7, 11) is -3.59. The molecule has 9 nitrogen and oxygen atoms in total. The second kappa shape index (κ2) is 7.50. The van der Waals surface area contributed by atoms with Crippen LogP contribution in [0.4, 0.5) is 5.95 Å². The molecule has 152 valence electrons. The van der Waals surface area contributed by atoms with Crippen LogP contribution in [0.1, 0.15) is 0 Å². The SMILES string of the molecule is O=S(=O)(NC1COC2C(Nc3nccc(-c4ccco4)n3)COC12)c1cccs1. The lowest BCUT2D eigenvalue weighted by molar-refractivity contribution is 0.0690. The van der Waals surface area contributed by atoms with Crippen molar-refractivity contribution >= 4 is 27.3 Å². The molecule has 0 bridgehead atoms. The number of aromatic nitrogens is 2. The molecule has 2 fully saturated rings. The van der Waals surface area contributed by atoms with Gasteiger partial charge < -0.3 is 19.2 Å². The van der Waals surface area contributed by atoms with Crippen molar-refractivity contribution in [2.24, 2.45) is 0 Å². The van der Waals surface area contributed by atoms with Gasteiger partial charge in [0.25, 0.3) is 0 Å². The third-order valence-corrected chi connectivity index (χ3v) is 7.75. The summed E-state index contributed by atoms with van der Waals surface area (Å²) in [6.07, 6.45) is 2.55. The summed E-state index contributed by atoms with van der Waals surface area (Å²) < 4.78 is 45.1. The first-order valence-electron chi connectivity index (χ1n) is 9.03. The summed E-state index contributed by atoms with van der Waals surface area (Å²) in [6, 6.07) is 8.02. The summed E-state index contributed by atoms with van der Waals surface area (Å²) in [4.78, 5) is 8.72. The molecule has 4 atom stereocenters. The first-order valence-corrected chi connectivity index (χ1v) is 11.4. The molecule has 5 rings (SSSR count). The predicted octanol–water partition coefficient (Wildman–Crippen LogP) is 1.72. The standard InChI is InChI=1S/C18H18N4O5S2/c23-29(24,15-4-2-8-28-15)22-13-10-27-16-12(9-26-17(13)16)21-18-19-6-5-11(20-18)14-3-1-7-25-14/h1-8,12-13,16-17,22H,9-10H2,(H,19,20,21). The molecule has 2 saturated heterocycles. The molecule has 0 radical (unpaired) electrons. The Bertz CT molecular complexity index is 1070. The molecule has 0 saturated carbocycles. The molecular weight excluding hydrogens is 416 g/mol. The second-order valence-corrected chi connectivity index (χ2v) is 9.64. The van der Waals surface area contributed by atoms with Crippen molar-refractivity contribution in [2.45, 2.75) is 28.5 Å². The first kappa shape index (κ1) is 18.7. The molecule has 2 N–H and O–H groups in total. The average Bonchev–Trinajstić information content (AvgIpc) is 3.50. The van der Waals surface area contributed by atoms with Crippen LogP contribution in [0.5, 0.6) is 0 Å². The fourth-order valence-corrected chi connectivity index (χ4v) is 5.79. The Labute approximate surface area is 171 Å². The van der Waals surface area contributed by atoms with E-state index in [1.165, 1.54) is 11.3 Å². The van der Waals surface area contributed by atoms with Gasteiger partial charge in [-0.3, -0.25) is 0 Å². The lowest BCUT2D eigenvalue weighted by atomic mass is 10.1. The second-order valence-electron chi connectivity index (χ2n) is 6.75. The minimum atomic E-state index is -3.59. The summed E-state index contributed by atoms with van der Waals surface area (Å²) in [5, 5.41) is 4.96. The van der Waals surface area contributed by atoms with E-state index in [1.54, 1.807) is 42.1 Å². The molecule has 0 spiro atoms. The van der Waals surface area contributed by atoms with Crippen molar-refractivity contribution < 1.29 is 22.3 Å². The van der Waals surface area contributed by atoms with E-state index in [2.05, 4.69) is 20.0 Å². The molecule has 3 aromatic rings. The Kier molecular flexibility index (Phi) is 4.84. The number of ether oxygens (including phenoxy) is 2. The summed E-state index contributed by atoms with van der Waals surface area (Å²) in [5.74, 6) is 1.08. The van der Waals surface area contributed by atoms with Crippen LogP contribution in [0, 0.1) is 0 Å². The number of hydrogen-bond acceptors (Lipinski definition) is 9. The van der Waals surface area contributed by atoms with Crippen LogP contribution in [-0.4, -0.2) is 55.9 Å². The zero-order valence-electron chi connectivity index (χ0n) is 15.1. The molecule has 5 heterocycles. The maximum absolute atomic E-state index is 12.5. The molecule has 2 aliphatic rings. The Balaban J connectivity index is 1.27. The largest absolute Gasteiger partial charge is 0.463 e. The number of sulfonamides is 1. The van der Waals surface area contributed by atoms with Gasteiger partial charge in [-0.05, 0) is 29.6 Å². The van der Waals surface area contributed by atoms with E-state index in [0.717, 1.165) is 0 Å². The van der Waals surface area contributed by atoms with E-state index in [1.807, 2.05) is 6.07 Å². The van der Waals surface area contributed by atoms with E-state index in [9.17, 15) is 8.42 Å². The minimum absolute atomic E-state index is 0.192. The number of furan rings is 1. The lowest BCUT2D eigenvalue weighted by Gasteiger charge is -2.18. The molecular formula is C18H18N4O5S2. The normalized spacial score (nSPS) is 26.5. The monoisotopic (exact) mass is 434 g/mol. The van der Waals surface area contributed by atoms with Crippen molar-refractivity contribution in [2.75, 3.05) is 18.5 Å². The van der Waals surface area contributed by atoms with Crippen LogP contribution in [-0.2, 0) is 19.5 Å². The molecule has 2 aliphatic heterocycles. The number of fused-ring (bicyclic) bond motifs is 1. The Morgan fingerprint density at radius 3 is 2.66 bits per heavy atom. The van der Waals surface area contributed by atoms with Gasteiger partial charge in [-0.1, -0.05) is 6.07 Å². The van der Waals surface area contributed by atoms with E-state index in [-0.39, 0.29) is 29.1 Å². The molecule has 0 aliphatic carbocycles. The zero-order chi connectivity index (χ0) is 19.8. The van der Waals surface area contributed by atoms with Crippen LogP contribution < -0.4 is 10.0 Å². The predicted molar refractivity (Wildman–Crippen MR) is 105 cm³/mol. The highest BCUT2D eigenvalue weighted by Crippen LogP contribution is 2.30. The average molecular weight is 434 g/mol. The van der Waals surface area contributed by atoms with E-state index < -0.39 is 16.1 Å². The summed E-state index contributed by atoms with van der Waals surface area (Å²) >= 11 is 1.17. The highest BCUT2D eigenvalue weighted by Gasteiger charge is 2.49. The van der Waals surface area contributed by atoms with Crippen molar-refractivity contribution in [3.63, 3.8) is 0 Å². The van der Waals surface area contributed by atoms with Crippen molar-refractivity contribution in [3.05, 3.63) is 48.2 Å². The van der Waals surface area contributed by atoms with Crippen LogP contribution in [0.2, 0.25) is 0 Å². The van der Waals surface area contributed by atoms with E-state index >= 15 is 0 Å². The van der Waals surface area contributed by atoms with Crippen molar-refractivity contribution in [1.82, 2.24) is 14.7 Å². The third-order valence-electron chi connectivity index (χ3n) is 4.86. The number of rotatable bonds is 6. The van der Waals surface area contributed by atoms with Gasteiger partial charge in [-0.15, -0.1) is 11.3 Å². The Morgan fingerprint density at radius 2 is 1.90 bits per heavy atom. The third kappa shape index (κ3) is 3.67. The highest BCUT2D eigenvalue weighted by molar-refractivity contribution is 7.91. The number of nitrogens with one attached hydrogen (secondary N) is 2. The van der Waals surface area contributed by atoms with Gasteiger partial charge in [0.2, 0.25) is 16.0 Å². The van der Waals surface area contributed by atoms with Crippen molar-refractivity contribution in [1.29, 1.82) is 0 Å². The van der Waals surface area contributed by atoms with Gasteiger partial charge in [0.1, 0.15) is 22.1 Å². The number of hydrogen-bond donors (Lipinski definition) is 2. The van der Waals surface area contributed by atoms with Gasteiger partial charge in [0.15, 0.2) is 5.76 Å². The highest BCUT2D eigenvalue weighted by atomic mass is 32.2. The van der Waals surface area contributed by atoms with Gasteiger partial charge in [-0.25, -0.2) is 23.1 Å². The molecule has 3 aromatic heterocycles. The maximum Gasteiger partial charge on any atom is 0.250 e. The molecule has 0 aromatic carbocycles. The zero-order valence-corrected chi connectivity index (χ0v) is 16.7. The van der Waals surface area contributed by atoms with Crippen LogP contribution in [0.25, 0.3) is 11.5 Å². The Morgan fingerprint density at radius 1 is 1.07 bits per heavy atom. The molecule has 11 heteroatoms. The number of nitrogens with zero attached hydrogens (tertiary/aromatic N) is 2. The lowest BCUT2D eigenvalue weighted by Crippen LogP contribution is -2.44. The molecule has 4 unspecified atom stereocenters. The topological polar surface area (TPSA) is 116 Å². The fraction of sp³-hybridized carbons (Fsp3) is 0.333. The fourth-order valence-electron chi connectivity index (χ4n) is 3.55. The summed E-state index contributed by atoms with van der Waals surface area (Å²) in [6.45, 7) is 0.603. The smallest absolute Gasteiger partial charge is 0.250 e. The minimum Gasteiger partial charge on any atom is -0.463 e. The van der Waals surface area contributed by atoms with Crippen molar-refractivity contribution in [3.8, 4) is 11.5 Å². The number of anilines is 1. The first-order chi connectivity index (χ1) is 14.1. The quantitative estimate of drug-likeness (QED) is 0.603.